The molecule has 1 aliphatic rings. The highest BCUT2D eigenvalue weighted by Crippen LogP contribution is 2.26. The van der Waals surface area contributed by atoms with Gasteiger partial charge in [0.15, 0.2) is 0 Å². The fourth-order valence-electron chi connectivity index (χ4n) is 2.48. The monoisotopic (exact) mass is 216 g/mol. The van der Waals surface area contributed by atoms with E-state index < -0.39 is 0 Å². The molecule has 0 radical (unpaired) electrons. The number of nitrogens with zero attached hydrogens (tertiary/aromatic N) is 1. The first-order valence-corrected chi connectivity index (χ1v) is 6.07. The topological polar surface area (TPSA) is 38.4 Å². The van der Waals surface area contributed by atoms with E-state index in [0.717, 1.165) is 11.5 Å². The van der Waals surface area contributed by atoms with E-state index in [1.165, 1.54) is 36.8 Å². The Balaban J connectivity index is 2.20. The molecule has 1 aromatic carbocycles. The van der Waals surface area contributed by atoms with Crippen LogP contribution in [0, 0.1) is 19.8 Å². The molecule has 1 aromatic rings. The molecule has 0 unspecified atom stereocenters. The Morgan fingerprint density at radius 1 is 1.12 bits per heavy atom. The van der Waals surface area contributed by atoms with E-state index in [1.54, 1.807) is 0 Å². The Hall–Kier alpha value is -1.31. The molecule has 2 nitrogen and oxygen atoms in total. The number of aryl methyl sites for hydroxylation is 2. The Bertz CT molecular complexity index is 381. The van der Waals surface area contributed by atoms with Crippen LogP contribution in [0.25, 0.3) is 0 Å². The first kappa shape index (κ1) is 11.2. The van der Waals surface area contributed by atoms with E-state index in [0.29, 0.717) is 5.92 Å². The van der Waals surface area contributed by atoms with Crippen molar-refractivity contribution in [3.05, 3.63) is 29.3 Å². The zero-order chi connectivity index (χ0) is 11.5. The highest BCUT2D eigenvalue weighted by atomic mass is 14.9. The van der Waals surface area contributed by atoms with Crippen LogP contribution in [0.3, 0.4) is 0 Å². The summed E-state index contributed by atoms with van der Waals surface area (Å²) < 4.78 is 0. The second kappa shape index (κ2) is 4.69. The van der Waals surface area contributed by atoms with Crippen molar-refractivity contribution in [2.75, 3.05) is 0 Å². The summed E-state index contributed by atoms with van der Waals surface area (Å²) in [5.74, 6) is 1.34. The molecule has 2 N–H and O–H groups in total. The van der Waals surface area contributed by atoms with Crippen molar-refractivity contribution in [1.29, 1.82) is 0 Å². The highest BCUT2D eigenvalue weighted by molar-refractivity contribution is 5.85. The molecule has 2 heteroatoms. The van der Waals surface area contributed by atoms with Gasteiger partial charge in [-0.15, -0.1) is 0 Å². The first-order valence-electron chi connectivity index (χ1n) is 6.07. The summed E-state index contributed by atoms with van der Waals surface area (Å²) in [6, 6.07) is 6.34. The summed E-state index contributed by atoms with van der Waals surface area (Å²) in [5, 5.41) is 0. The van der Waals surface area contributed by atoms with Gasteiger partial charge >= 0.3 is 0 Å². The van der Waals surface area contributed by atoms with Crippen LogP contribution in [0.15, 0.2) is 23.2 Å². The third-order valence-electron chi connectivity index (χ3n) is 3.24. The molecule has 2 rings (SSSR count). The molecule has 0 amide bonds. The van der Waals surface area contributed by atoms with Crippen LogP contribution in [0.2, 0.25) is 0 Å². The molecule has 0 atom stereocenters. The smallest absolute Gasteiger partial charge is 0.103 e. The third-order valence-corrected chi connectivity index (χ3v) is 3.24. The second-order valence-electron chi connectivity index (χ2n) is 4.86. The van der Waals surface area contributed by atoms with Gasteiger partial charge in [0.25, 0.3) is 0 Å². The van der Waals surface area contributed by atoms with Gasteiger partial charge in [-0.25, -0.2) is 4.99 Å². The Labute approximate surface area is 97.6 Å². The minimum Gasteiger partial charge on any atom is -0.387 e. The van der Waals surface area contributed by atoms with Crippen molar-refractivity contribution in [1.82, 2.24) is 0 Å². The molecule has 1 fully saturated rings. The average molecular weight is 216 g/mol. The van der Waals surface area contributed by atoms with E-state index in [1.807, 2.05) is 0 Å². The summed E-state index contributed by atoms with van der Waals surface area (Å²) >= 11 is 0. The fourth-order valence-corrected chi connectivity index (χ4v) is 2.48. The van der Waals surface area contributed by atoms with Crippen LogP contribution in [0.4, 0.5) is 5.69 Å². The van der Waals surface area contributed by atoms with Gasteiger partial charge in [0.1, 0.15) is 5.84 Å². The predicted octanol–water partition coefficient (Wildman–Crippen LogP) is 3.48. The summed E-state index contributed by atoms with van der Waals surface area (Å²) in [4.78, 5) is 4.56. The van der Waals surface area contributed by atoms with Gasteiger partial charge in [-0.2, -0.15) is 0 Å². The van der Waals surface area contributed by atoms with Gasteiger partial charge in [0, 0.05) is 5.92 Å². The molecule has 0 heterocycles. The van der Waals surface area contributed by atoms with Crippen LogP contribution < -0.4 is 5.73 Å². The lowest BCUT2D eigenvalue weighted by atomic mass is 10.1. The van der Waals surface area contributed by atoms with Crippen LogP contribution in [-0.4, -0.2) is 5.84 Å². The summed E-state index contributed by atoms with van der Waals surface area (Å²) in [6.07, 6.45) is 5.02. The maximum absolute atomic E-state index is 6.06. The second-order valence-corrected chi connectivity index (χ2v) is 4.86. The standard InChI is InChI=1S/C14H20N2/c1-10-7-11(2)9-13(8-10)16-14(15)12-5-3-4-6-12/h7-9,12H,3-6H2,1-2H3,(H2,15,16). The molecular weight excluding hydrogens is 196 g/mol. The average Bonchev–Trinajstić information content (AvgIpc) is 2.68. The van der Waals surface area contributed by atoms with Gasteiger partial charge in [0.05, 0.1) is 5.69 Å². The Morgan fingerprint density at radius 3 is 2.25 bits per heavy atom. The normalized spacial score (nSPS) is 18.0. The molecule has 0 bridgehead atoms. The lowest BCUT2D eigenvalue weighted by Gasteiger charge is -2.08. The van der Waals surface area contributed by atoms with Crippen LogP contribution in [-0.2, 0) is 0 Å². The minimum absolute atomic E-state index is 0.515. The molecule has 1 saturated carbocycles. The van der Waals surface area contributed by atoms with Crippen molar-refractivity contribution >= 4 is 11.5 Å². The van der Waals surface area contributed by atoms with Gasteiger partial charge in [-0.05, 0) is 49.9 Å². The van der Waals surface area contributed by atoms with Gasteiger partial charge in [0.2, 0.25) is 0 Å². The number of hydrogen-bond donors (Lipinski definition) is 1. The molecule has 0 aliphatic heterocycles. The van der Waals surface area contributed by atoms with Crippen LogP contribution >= 0.6 is 0 Å². The van der Waals surface area contributed by atoms with Crippen molar-refractivity contribution in [3.63, 3.8) is 0 Å². The number of amidine groups is 1. The van der Waals surface area contributed by atoms with Gasteiger partial charge in [-0.3, -0.25) is 0 Å². The van der Waals surface area contributed by atoms with Crippen molar-refractivity contribution < 1.29 is 0 Å². The summed E-state index contributed by atoms with van der Waals surface area (Å²) in [5.41, 5.74) is 9.56. The lowest BCUT2D eigenvalue weighted by Crippen LogP contribution is -2.20. The Morgan fingerprint density at radius 2 is 1.69 bits per heavy atom. The van der Waals surface area contributed by atoms with Crippen molar-refractivity contribution in [2.24, 2.45) is 16.6 Å². The number of rotatable bonds is 2. The van der Waals surface area contributed by atoms with E-state index in [4.69, 9.17) is 5.73 Å². The van der Waals surface area contributed by atoms with Crippen LogP contribution in [0.5, 0.6) is 0 Å². The zero-order valence-electron chi connectivity index (χ0n) is 10.2. The van der Waals surface area contributed by atoms with Crippen molar-refractivity contribution in [2.45, 2.75) is 39.5 Å². The predicted molar refractivity (Wildman–Crippen MR) is 69.2 cm³/mol. The molecule has 86 valence electrons. The maximum Gasteiger partial charge on any atom is 0.103 e. The van der Waals surface area contributed by atoms with Gasteiger partial charge in [-0.1, -0.05) is 18.9 Å². The molecular formula is C14H20N2. The fraction of sp³-hybridized carbons (Fsp3) is 0.500. The van der Waals surface area contributed by atoms with E-state index in [2.05, 4.69) is 37.0 Å². The van der Waals surface area contributed by atoms with Gasteiger partial charge < -0.3 is 5.73 Å². The maximum atomic E-state index is 6.06. The van der Waals surface area contributed by atoms with E-state index in [-0.39, 0.29) is 0 Å². The quantitative estimate of drug-likeness (QED) is 0.596. The zero-order valence-corrected chi connectivity index (χ0v) is 10.2. The van der Waals surface area contributed by atoms with E-state index >= 15 is 0 Å². The van der Waals surface area contributed by atoms with E-state index in [9.17, 15) is 0 Å². The number of benzene rings is 1. The molecule has 0 aromatic heterocycles. The largest absolute Gasteiger partial charge is 0.387 e. The molecule has 1 aliphatic carbocycles. The third kappa shape index (κ3) is 2.63. The van der Waals surface area contributed by atoms with Crippen LogP contribution in [0.1, 0.15) is 36.8 Å². The number of hydrogen-bond acceptors (Lipinski definition) is 1. The van der Waals surface area contributed by atoms with Crippen molar-refractivity contribution in [3.8, 4) is 0 Å². The number of nitrogens with two attached hydrogens (primary N) is 1. The lowest BCUT2D eigenvalue weighted by molar-refractivity contribution is 0.722. The summed E-state index contributed by atoms with van der Waals surface area (Å²) in [6.45, 7) is 4.19. The SMILES string of the molecule is Cc1cc(C)cc(N=C(N)C2CCCC2)c1. The minimum atomic E-state index is 0.515. The first-order chi connectivity index (χ1) is 7.65. The molecule has 16 heavy (non-hydrogen) atoms. The summed E-state index contributed by atoms with van der Waals surface area (Å²) in [7, 11) is 0. The number of aliphatic imine (C=N–C) groups is 1. The molecule has 0 spiro atoms. The Kier molecular flexibility index (Phi) is 3.28. The highest BCUT2D eigenvalue weighted by Gasteiger charge is 2.18. The molecule has 0 saturated heterocycles.